The van der Waals surface area contributed by atoms with Gasteiger partial charge in [0, 0.05) is 15.6 Å². The van der Waals surface area contributed by atoms with E-state index in [9.17, 15) is 4.79 Å². The fraction of sp³-hybridized carbons (Fsp3) is 0.278. The molecular weight excluding hydrogens is 563 g/mol. The van der Waals surface area contributed by atoms with Gasteiger partial charge in [0.25, 0.3) is 5.91 Å². The number of ether oxygens (including phenoxy) is 1. The number of nitrogens with zero attached hydrogens (tertiary/aromatic N) is 2. The van der Waals surface area contributed by atoms with Crippen LogP contribution < -0.4 is 4.74 Å². The van der Waals surface area contributed by atoms with E-state index in [1.807, 2.05) is 96.8 Å². The summed E-state index contributed by atoms with van der Waals surface area (Å²) in [6.45, 7) is 13.1. The lowest BCUT2D eigenvalue weighted by Crippen LogP contribution is -2.55. The molecule has 6 heteroatoms. The van der Waals surface area contributed by atoms with Crippen molar-refractivity contribution in [1.29, 1.82) is 0 Å². The number of halogens is 2. The maximum Gasteiger partial charge on any atom is 0.260 e. The van der Waals surface area contributed by atoms with Crippen molar-refractivity contribution in [3.8, 4) is 5.75 Å². The van der Waals surface area contributed by atoms with Crippen molar-refractivity contribution < 1.29 is 9.53 Å². The Balaban J connectivity index is 1.85. The monoisotopic (exact) mass is 598 g/mol. The minimum atomic E-state index is -0.958. The Morgan fingerprint density at radius 1 is 0.833 bits per heavy atom. The fourth-order valence-electron chi connectivity index (χ4n) is 5.74. The van der Waals surface area contributed by atoms with Crippen molar-refractivity contribution in [1.82, 2.24) is 4.90 Å². The molecule has 4 nitrogen and oxygen atoms in total. The van der Waals surface area contributed by atoms with Crippen LogP contribution in [-0.4, -0.2) is 23.2 Å². The third kappa shape index (κ3) is 5.12. The molecule has 2 unspecified atom stereocenters. The van der Waals surface area contributed by atoms with Crippen LogP contribution in [0, 0.1) is 0 Å². The normalized spacial score (nSPS) is 20.4. The lowest BCUT2D eigenvalue weighted by molar-refractivity contribution is 0.0616. The van der Waals surface area contributed by atoms with Gasteiger partial charge < -0.3 is 4.74 Å². The van der Waals surface area contributed by atoms with Gasteiger partial charge in [0.05, 0.1) is 12.2 Å². The van der Waals surface area contributed by atoms with E-state index in [2.05, 4.69) is 46.8 Å². The van der Waals surface area contributed by atoms with Gasteiger partial charge in [-0.05, 0) is 91.4 Å². The average molecular weight is 600 g/mol. The molecule has 1 aliphatic rings. The van der Waals surface area contributed by atoms with E-state index in [4.69, 9.17) is 32.9 Å². The number of aliphatic imine (C=N–C) groups is 1. The third-order valence-corrected chi connectivity index (χ3v) is 8.87. The summed E-state index contributed by atoms with van der Waals surface area (Å²) in [7, 11) is 0. The first-order chi connectivity index (χ1) is 19.9. The highest BCUT2D eigenvalue weighted by molar-refractivity contribution is 6.30. The summed E-state index contributed by atoms with van der Waals surface area (Å²) in [6.07, 6.45) is 0. The molecule has 0 bridgehead atoms. The van der Waals surface area contributed by atoms with Crippen molar-refractivity contribution in [2.45, 2.75) is 58.0 Å². The number of hydrogen-bond donors (Lipinski definition) is 0. The van der Waals surface area contributed by atoms with E-state index < -0.39 is 11.1 Å². The Morgan fingerprint density at radius 2 is 1.40 bits per heavy atom. The van der Waals surface area contributed by atoms with Gasteiger partial charge >= 0.3 is 0 Å². The highest BCUT2D eigenvalue weighted by Gasteiger charge is 2.59. The van der Waals surface area contributed by atoms with Gasteiger partial charge in [0.15, 0.2) is 0 Å². The molecule has 0 fully saturated rings. The Bertz CT molecular complexity index is 1630. The third-order valence-electron chi connectivity index (χ3n) is 8.36. The van der Waals surface area contributed by atoms with E-state index in [1.54, 1.807) is 0 Å². The molecule has 4 aromatic carbocycles. The van der Waals surface area contributed by atoms with Gasteiger partial charge in [-0.3, -0.25) is 14.7 Å². The highest BCUT2D eigenvalue weighted by atomic mass is 35.5. The van der Waals surface area contributed by atoms with Crippen LogP contribution >= 0.6 is 23.2 Å². The zero-order valence-electron chi connectivity index (χ0n) is 24.9. The Labute approximate surface area is 259 Å². The molecular formula is C36H36Cl2N2O2. The molecule has 0 N–H and O–H groups in total. The van der Waals surface area contributed by atoms with Gasteiger partial charge in [-0.15, -0.1) is 0 Å². The zero-order chi connectivity index (χ0) is 30.3. The number of benzene rings is 4. The summed E-state index contributed by atoms with van der Waals surface area (Å²) in [5.41, 5.74) is 2.33. The molecule has 0 aliphatic carbocycles. The van der Waals surface area contributed by atoms with Crippen molar-refractivity contribution in [3.63, 3.8) is 0 Å². The molecule has 0 spiro atoms. The van der Waals surface area contributed by atoms with E-state index in [0.717, 1.165) is 22.3 Å². The van der Waals surface area contributed by atoms with E-state index in [-0.39, 0.29) is 11.3 Å². The van der Waals surface area contributed by atoms with Crippen molar-refractivity contribution >= 4 is 34.9 Å². The van der Waals surface area contributed by atoms with Crippen molar-refractivity contribution in [2.24, 2.45) is 4.99 Å². The Hall–Kier alpha value is -3.60. The van der Waals surface area contributed by atoms with Crippen LogP contribution in [0.25, 0.3) is 0 Å². The quantitative estimate of drug-likeness (QED) is 0.222. The van der Waals surface area contributed by atoms with Crippen LogP contribution in [0.4, 0.5) is 0 Å². The molecule has 42 heavy (non-hydrogen) atoms. The van der Waals surface area contributed by atoms with Crippen LogP contribution in [0.15, 0.2) is 102 Å². The lowest BCUT2D eigenvalue weighted by atomic mass is 9.70. The molecule has 0 radical (unpaired) electrons. The smallest absolute Gasteiger partial charge is 0.260 e. The Kier molecular flexibility index (Phi) is 8.00. The second kappa shape index (κ2) is 11.2. The van der Waals surface area contributed by atoms with Crippen LogP contribution in [0.3, 0.4) is 0 Å². The molecule has 216 valence electrons. The van der Waals surface area contributed by atoms with E-state index >= 15 is 0 Å². The highest BCUT2D eigenvalue weighted by Crippen LogP contribution is 2.54. The first kappa shape index (κ1) is 29.9. The maximum atomic E-state index is 14.7. The van der Waals surface area contributed by atoms with Gasteiger partial charge in [0.2, 0.25) is 0 Å². The summed E-state index contributed by atoms with van der Waals surface area (Å²) in [6, 6.07) is 30.9. The second-order valence-electron chi connectivity index (χ2n) is 12.0. The number of carbonyl (C=O) groups is 1. The molecule has 0 saturated heterocycles. The molecule has 5 rings (SSSR count). The first-order valence-electron chi connectivity index (χ1n) is 14.2. The SMILES string of the molecule is CCOc1cc(C(C)(C)C)ccc1C1=NC(C)(c2ccc(Cl)cc2)C(C)(c2ccc(Cl)cc2)N1C(=O)c1ccccc1. The fourth-order valence-corrected chi connectivity index (χ4v) is 6.00. The number of amides is 1. The molecule has 4 aromatic rings. The molecule has 1 amide bonds. The topological polar surface area (TPSA) is 41.9 Å². The van der Waals surface area contributed by atoms with Gasteiger partial charge in [0.1, 0.15) is 22.7 Å². The minimum Gasteiger partial charge on any atom is -0.493 e. The number of carbonyl (C=O) groups excluding carboxylic acids is 1. The minimum absolute atomic E-state index is 0.0863. The number of hydrogen-bond acceptors (Lipinski definition) is 3. The van der Waals surface area contributed by atoms with E-state index in [0.29, 0.717) is 33.8 Å². The number of amidine groups is 1. The lowest BCUT2D eigenvalue weighted by Gasteiger charge is -2.45. The predicted octanol–water partition coefficient (Wildman–Crippen LogP) is 9.42. The number of rotatable bonds is 6. The summed E-state index contributed by atoms with van der Waals surface area (Å²) >= 11 is 12.7. The summed E-state index contributed by atoms with van der Waals surface area (Å²) < 4.78 is 6.24. The van der Waals surface area contributed by atoms with Crippen LogP contribution in [0.2, 0.25) is 10.0 Å². The largest absolute Gasteiger partial charge is 0.493 e. The van der Waals surface area contributed by atoms with Crippen LogP contribution in [-0.2, 0) is 16.5 Å². The Morgan fingerprint density at radius 3 is 1.95 bits per heavy atom. The molecule has 0 aromatic heterocycles. The van der Waals surface area contributed by atoms with Crippen LogP contribution in [0.1, 0.15) is 74.2 Å². The van der Waals surface area contributed by atoms with Crippen molar-refractivity contribution in [3.05, 3.63) is 135 Å². The van der Waals surface area contributed by atoms with Gasteiger partial charge in [-0.1, -0.05) is 92.5 Å². The molecule has 0 saturated carbocycles. The summed E-state index contributed by atoms with van der Waals surface area (Å²) in [5, 5.41) is 1.25. The van der Waals surface area contributed by atoms with Crippen LogP contribution in [0.5, 0.6) is 5.75 Å². The summed E-state index contributed by atoms with van der Waals surface area (Å²) in [4.78, 5) is 22.0. The average Bonchev–Trinajstić information content (AvgIpc) is 3.21. The maximum absolute atomic E-state index is 14.7. The molecule has 1 aliphatic heterocycles. The second-order valence-corrected chi connectivity index (χ2v) is 12.9. The van der Waals surface area contributed by atoms with E-state index in [1.165, 1.54) is 0 Å². The van der Waals surface area contributed by atoms with Gasteiger partial charge in [-0.25, -0.2) is 0 Å². The zero-order valence-corrected chi connectivity index (χ0v) is 26.4. The first-order valence-corrected chi connectivity index (χ1v) is 14.9. The predicted molar refractivity (Wildman–Crippen MR) is 173 cm³/mol. The molecule has 1 heterocycles. The standard InChI is InChI=1S/C36H36Cl2N2O2/c1-7-42-31-23-27(34(2,3)4)17-22-30(31)32-39-35(5,25-13-18-28(37)19-14-25)36(6,26-15-20-29(38)21-16-26)40(32)33(41)24-11-9-8-10-12-24/h8-23H,7H2,1-6H3. The van der Waals surface area contributed by atoms with Gasteiger partial charge in [-0.2, -0.15) is 0 Å². The molecule has 2 atom stereocenters. The van der Waals surface area contributed by atoms with Crippen molar-refractivity contribution in [2.75, 3.05) is 6.61 Å². The summed E-state index contributed by atoms with van der Waals surface area (Å²) in [5.74, 6) is 1.07.